The normalized spacial score (nSPS) is 13.5. The maximum Gasteiger partial charge on any atom is 0.361 e. The molecule has 396 valence electrons. The highest BCUT2D eigenvalue weighted by Gasteiger charge is 2.25. The van der Waals surface area contributed by atoms with E-state index >= 15 is 0 Å². The number of allylic oxidation sites excluding steroid dienone is 14. The van der Waals surface area contributed by atoms with Crippen LogP contribution in [0.1, 0.15) is 219 Å². The number of likely N-dealkylation sites (N-methyl/N-ethyl adjacent to an activating group) is 1. The van der Waals surface area contributed by atoms with Gasteiger partial charge in [-0.05, 0) is 83.5 Å². The summed E-state index contributed by atoms with van der Waals surface area (Å²) in [6, 6.07) is 0. The van der Waals surface area contributed by atoms with Crippen LogP contribution in [0.2, 0.25) is 0 Å². The Bertz CT molecular complexity index is 1400. The number of hydrogen-bond acceptors (Lipinski definition) is 7. The first-order valence-electron chi connectivity index (χ1n) is 27.8. The second kappa shape index (κ2) is 50.8. The van der Waals surface area contributed by atoms with Gasteiger partial charge in [-0.1, -0.05) is 208 Å². The van der Waals surface area contributed by atoms with Crippen LogP contribution in [-0.4, -0.2) is 87.4 Å². The third kappa shape index (κ3) is 52.1. The van der Waals surface area contributed by atoms with Gasteiger partial charge in [0.1, 0.15) is 13.2 Å². The van der Waals surface area contributed by atoms with E-state index in [0.717, 1.165) is 96.3 Å². The van der Waals surface area contributed by atoms with Gasteiger partial charge < -0.3 is 28.5 Å². The lowest BCUT2D eigenvalue weighted by Crippen LogP contribution is -2.40. The van der Waals surface area contributed by atoms with Crippen LogP contribution in [0.3, 0.4) is 0 Å². The van der Waals surface area contributed by atoms with E-state index in [9.17, 15) is 19.5 Å². The van der Waals surface area contributed by atoms with Crippen LogP contribution in [0.25, 0.3) is 0 Å². The number of quaternary nitrogens is 1. The molecular weight excluding hydrogens is 863 g/mol. The quantitative estimate of drug-likeness (QED) is 0.0211. The van der Waals surface area contributed by atoms with E-state index in [4.69, 9.17) is 18.9 Å². The van der Waals surface area contributed by atoms with E-state index in [-0.39, 0.29) is 38.6 Å². The number of nitrogens with zero attached hydrogens (tertiary/aromatic N) is 1. The van der Waals surface area contributed by atoms with Gasteiger partial charge >= 0.3 is 17.9 Å². The minimum absolute atomic E-state index is 0.182. The van der Waals surface area contributed by atoms with Gasteiger partial charge in [0.25, 0.3) is 6.29 Å². The predicted octanol–water partition coefficient (Wildman–Crippen LogP) is 16.0. The molecule has 0 aliphatic carbocycles. The number of ether oxygens (including phenoxy) is 4. The monoisotopic (exact) mass is 967 g/mol. The van der Waals surface area contributed by atoms with Gasteiger partial charge in [-0.3, -0.25) is 9.59 Å². The number of carboxylic acid groups (broad SMARTS) is 1. The Morgan fingerprint density at radius 3 is 1.16 bits per heavy atom. The van der Waals surface area contributed by atoms with Gasteiger partial charge in [0.2, 0.25) is 0 Å². The van der Waals surface area contributed by atoms with Crippen molar-refractivity contribution in [3.63, 3.8) is 0 Å². The summed E-state index contributed by atoms with van der Waals surface area (Å²) in [7, 11) is 5.96. The van der Waals surface area contributed by atoms with E-state index in [2.05, 4.69) is 98.9 Å². The zero-order chi connectivity index (χ0) is 50.6. The van der Waals surface area contributed by atoms with Crippen LogP contribution < -0.4 is 0 Å². The molecule has 0 aromatic carbocycles. The summed E-state index contributed by atoms with van der Waals surface area (Å²) in [6.07, 6.45) is 63.8. The Kier molecular flexibility index (Phi) is 48.2. The molecule has 0 spiro atoms. The van der Waals surface area contributed by atoms with Gasteiger partial charge in [-0.15, -0.1) is 0 Å². The molecule has 2 atom stereocenters. The summed E-state index contributed by atoms with van der Waals surface area (Å²) in [5.41, 5.74) is 0. The standard InChI is InChI=1S/C60H103NO8/c1-6-8-10-12-14-16-18-20-22-23-24-25-26-27-28-29-30-31-32-33-34-35-37-39-41-43-45-47-49-51-58(63)69-56(55-68-60(59(64)65)66-53-52-61(3,4)5)54-67-57(62)50-48-46-44-42-40-38-36-21-19-17-15-13-11-9-7-2/h8-11,14-17,20-22,24-25,36,56,60H,6-7,12-13,18-19,23,26-35,37-55H2,1-5H3/p+1/b10-8-,11-9-,16-14-,17-15-,22-20-,25-24-,36-21-. The van der Waals surface area contributed by atoms with Gasteiger partial charge in [-0.25, -0.2) is 4.79 Å². The van der Waals surface area contributed by atoms with Gasteiger partial charge in [0.15, 0.2) is 6.10 Å². The van der Waals surface area contributed by atoms with Crippen LogP contribution in [0.5, 0.6) is 0 Å². The third-order valence-corrected chi connectivity index (χ3v) is 11.6. The van der Waals surface area contributed by atoms with Crippen LogP contribution in [0.15, 0.2) is 85.1 Å². The smallest absolute Gasteiger partial charge is 0.361 e. The average Bonchev–Trinajstić information content (AvgIpc) is 3.31. The molecule has 0 aromatic heterocycles. The minimum Gasteiger partial charge on any atom is -0.477 e. The van der Waals surface area contributed by atoms with Gasteiger partial charge in [0, 0.05) is 12.8 Å². The third-order valence-electron chi connectivity index (χ3n) is 11.6. The van der Waals surface area contributed by atoms with Crippen LogP contribution >= 0.6 is 0 Å². The van der Waals surface area contributed by atoms with E-state index in [0.29, 0.717) is 17.4 Å². The lowest BCUT2D eigenvalue weighted by molar-refractivity contribution is -0.870. The van der Waals surface area contributed by atoms with Crippen molar-refractivity contribution in [2.24, 2.45) is 0 Å². The zero-order valence-electron chi connectivity index (χ0n) is 44.9. The molecule has 0 radical (unpaired) electrons. The second-order valence-corrected chi connectivity index (χ2v) is 19.5. The Morgan fingerprint density at radius 2 is 0.783 bits per heavy atom. The molecular formula is C60H104NO8+. The molecule has 0 aromatic rings. The molecule has 0 amide bonds. The van der Waals surface area contributed by atoms with Gasteiger partial charge in [-0.2, -0.15) is 0 Å². The molecule has 2 unspecified atom stereocenters. The second-order valence-electron chi connectivity index (χ2n) is 19.5. The largest absolute Gasteiger partial charge is 0.477 e. The highest BCUT2D eigenvalue weighted by Crippen LogP contribution is 2.16. The Morgan fingerprint density at radius 1 is 0.435 bits per heavy atom. The van der Waals surface area contributed by atoms with Crippen LogP contribution in [0.4, 0.5) is 0 Å². The summed E-state index contributed by atoms with van der Waals surface area (Å²) in [6.45, 7) is 4.63. The molecule has 9 heteroatoms. The molecule has 1 N–H and O–H groups in total. The lowest BCUT2D eigenvalue weighted by Gasteiger charge is -2.25. The fourth-order valence-corrected chi connectivity index (χ4v) is 7.43. The summed E-state index contributed by atoms with van der Waals surface area (Å²) < 4.78 is 22.8. The molecule has 69 heavy (non-hydrogen) atoms. The van der Waals surface area contributed by atoms with E-state index < -0.39 is 24.3 Å². The molecule has 0 aliphatic rings. The van der Waals surface area contributed by atoms with Crippen molar-refractivity contribution in [3.05, 3.63) is 85.1 Å². The van der Waals surface area contributed by atoms with E-state index in [1.54, 1.807) is 0 Å². The van der Waals surface area contributed by atoms with Crippen LogP contribution in [-0.2, 0) is 33.3 Å². The minimum atomic E-state index is -1.52. The van der Waals surface area contributed by atoms with E-state index in [1.165, 1.54) is 89.9 Å². The average molecular weight is 967 g/mol. The number of carbonyl (C=O) groups is 3. The first kappa shape index (κ1) is 65.5. The zero-order valence-corrected chi connectivity index (χ0v) is 44.9. The molecule has 0 aliphatic heterocycles. The van der Waals surface area contributed by atoms with Crippen molar-refractivity contribution in [1.82, 2.24) is 0 Å². The molecule has 0 bridgehead atoms. The van der Waals surface area contributed by atoms with E-state index in [1.807, 2.05) is 21.1 Å². The number of unbranched alkanes of at least 4 members (excludes halogenated alkanes) is 21. The molecule has 0 heterocycles. The number of esters is 2. The summed E-state index contributed by atoms with van der Waals surface area (Å²) >= 11 is 0. The van der Waals surface area contributed by atoms with Crippen molar-refractivity contribution in [2.75, 3.05) is 47.5 Å². The predicted molar refractivity (Wildman–Crippen MR) is 290 cm³/mol. The topological polar surface area (TPSA) is 108 Å². The van der Waals surface area contributed by atoms with Gasteiger partial charge in [0.05, 0.1) is 34.4 Å². The highest BCUT2D eigenvalue weighted by atomic mass is 16.7. The Labute approximate surface area is 423 Å². The summed E-state index contributed by atoms with van der Waals surface area (Å²) in [5, 5.41) is 9.68. The number of carboxylic acids is 1. The Hall–Kier alpha value is -3.53. The number of hydrogen-bond donors (Lipinski definition) is 1. The molecule has 0 saturated heterocycles. The molecule has 0 saturated carbocycles. The summed E-state index contributed by atoms with van der Waals surface area (Å²) in [4.78, 5) is 37.3. The maximum absolute atomic E-state index is 12.9. The number of rotatable bonds is 50. The lowest BCUT2D eigenvalue weighted by atomic mass is 10.0. The maximum atomic E-state index is 12.9. The summed E-state index contributed by atoms with van der Waals surface area (Å²) in [5.74, 6) is -2.03. The number of carbonyl (C=O) groups excluding carboxylic acids is 2. The highest BCUT2D eigenvalue weighted by molar-refractivity contribution is 5.71. The fraction of sp³-hybridized carbons (Fsp3) is 0.717. The first-order chi connectivity index (χ1) is 33.6. The molecule has 0 fully saturated rings. The number of aliphatic carboxylic acids is 1. The van der Waals surface area contributed by atoms with Crippen LogP contribution in [0, 0.1) is 0 Å². The Balaban J connectivity index is 4.20. The SMILES string of the molecule is CC/C=C\C/C=C\C/C=C\C/C=C\CCCCCCCCCCCCCCCCCCC(=O)OC(COC(=O)CCCCCCC/C=C\C/C=C\C/C=C\CC)COC(OCC[N+](C)(C)C)C(=O)O. The van der Waals surface area contributed by atoms with Crippen molar-refractivity contribution in [2.45, 2.75) is 232 Å². The van der Waals surface area contributed by atoms with Crippen molar-refractivity contribution in [1.29, 1.82) is 0 Å². The fourth-order valence-electron chi connectivity index (χ4n) is 7.43. The van der Waals surface area contributed by atoms with Crippen molar-refractivity contribution >= 4 is 17.9 Å². The molecule has 0 rings (SSSR count). The molecule has 9 nitrogen and oxygen atoms in total. The first-order valence-corrected chi connectivity index (χ1v) is 27.8. The van der Waals surface area contributed by atoms with Crippen molar-refractivity contribution < 1.29 is 42.9 Å². The van der Waals surface area contributed by atoms with Crippen molar-refractivity contribution in [3.8, 4) is 0 Å².